The Morgan fingerprint density at radius 3 is 2.40 bits per heavy atom. The molecule has 0 saturated carbocycles. The van der Waals surface area contributed by atoms with Gasteiger partial charge in [-0.2, -0.15) is 0 Å². The Kier molecular flexibility index (Phi) is 12.2. The van der Waals surface area contributed by atoms with Gasteiger partial charge in [-0.1, -0.05) is 38.2 Å². The zero-order chi connectivity index (χ0) is 30.1. The van der Waals surface area contributed by atoms with E-state index in [1.807, 2.05) is 6.92 Å². The molecule has 11 heteroatoms. The monoisotopic (exact) mass is 560 g/mol. The molecular weight excluding hydrogens is 520 g/mol. The van der Waals surface area contributed by atoms with Gasteiger partial charge in [-0.15, -0.1) is 0 Å². The molecule has 0 aromatic rings. The van der Waals surface area contributed by atoms with Crippen LogP contribution in [0.4, 0.5) is 4.79 Å². The highest BCUT2D eigenvalue weighted by molar-refractivity contribution is 6.23. The number of nitrogens with two attached hydrogens (primary N) is 1. The van der Waals surface area contributed by atoms with E-state index in [0.29, 0.717) is 12.0 Å². The number of ketones is 2. The van der Waals surface area contributed by atoms with Crippen LogP contribution in [0.15, 0.2) is 58.4 Å². The molecule has 0 radical (unpaired) electrons. The molecule has 0 spiro atoms. The molecule has 0 unspecified atom stereocenters. The van der Waals surface area contributed by atoms with Crippen molar-refractivity contribution in [3.05, 3.63) is 58.4 Å². The van der Waals surface area contributed by atoms with Crippen LogP contribution in [0.2, 0.25) is 0 Å². The minimum atomic E-state index is -1.01. The maximum absolute atomic E-state index is 13.3. The molecule has 220 valence electrons. The third-order valence-corrected chi connectivity index (χ3v) is 7.07. The van der Waals surface area contributed by atoms with Crippen molar-refractivity contribution in [2.45, 2.75) is 65.0 Å². The number of carbonyl (C=O) groups excluding carboxylic acids is 4. The van der Waals surface area contributed by atoms with Gasteiger partial charge in [-0.3, -0.25) is 14.4 Å². The summed E-state index contributed by atoms with van der Waals surface area (Å²) in [7, 11) is 2.88. The Hall–Kier alpha value is -3.38. The summed E-state index contributed by atoms with van der Waals surface area (Å²) in [6, 6.07) is 0. The number of methoxy groups -OCH3 is 2. The van der Waals surface area contributed by atoms with Crippen LogP contribution in [0.3, 0.4) is 0 Å². The lowest BCUT2D eigenvalue weighted by molar-refractivity contribution is -0.120. The summed E-state index contributed by atoms with van der Waals surface area (Å²) in [5.41, 5.74) is 6.00. The van der Waals surface area contributed by atoms with Crippen LogP contribution in [-0.2, 0) is 28.6 Å². The number of carbonyl (C=O) groups is 4. The number of nitrogens with one attached hydrogen (secondary N) is 1. The Labute approximate surface area is 234 Å². The molecule has 2 rings (SSSR count). The largest absolute Gasteiger partial charge is 0.439 e. The summed E-state index contributed by atoms with van der Waals surface area (Å²) in [5, 5.41) is 23.5. The van der Waals surface area contributed by atoms with E-state index in [2.05, 4.69) is 5.32 Å². The van der Waals surface area contributed by atoms with E-state index in [9.17, 15) is 29.4 Å². The van der Waals surface area contributed by atoms with Crippen LogP contribution in [0, 0.1) is 11.8 Å². The minimum Gasteiger partial charge on any atom is -0.439 e. The number of hydrogen-bond acceptors (Lipinski definition) is 9. The highest BCUT2D eigenvalue weighted by Gasteiger charge is 2.33. The lowest BCUT2D eigenvalue weighted by Gasteiger charge is -2.30. The van der Waals surface area contributed by atoms with Gasteiger partial charge >= 0.3 is 6.09 Å². The molecular formula is C29H40N2O9. The van der Waals surface area contributed by atoms with Crippen LogP contribution in [0.5, 0.6) is 0 Å². The van der Waals surface area contributed by atoms with Crippen molar-refractivity contribution >= 4 is 23.6 Å². The molecule has 6 atom stereocenters. The van der Waals surface area contributed by atoms with Gasteiger partial charge in [0.2, 0.25) is 5.78 Å². The SMILES string of the molecule is CO[C@H]1/C=C/C=C(/C)C(=O)NC2=CC(=O)C(CO)=C(C[C@@H](C)C[C@H](OC)[C@H](O)[C@@H](C)/C=C(\C)[C@@H]1OC(N)=O)C2=O. The zero-order valence-electron chi connectivity index (χ0n) is 23.8. The predicted molar refractivity (Wildman–Crippen MR) is 147 cm³/mol. The maximum atomic E-state index is 13.3. The van der Waals surface area contributed by atoms with E-state index in [1.54, 1.807) is 26.0 Å². The summed E-state index contributed by atoms with van der Waals surface area (Å²) in [4.78, 5) is 50.5. The molecule has 5 N–H and O–H groups in total. The quantitative estimate of drug-likeness (QED) is 0.295. The average Bonchev–Trinajstić information content (AvgIpc) is 2.90. The number of amides is 2. The normalized spacial score (nSPS) is 32.8. The first-order valence-corrected chi connectivity index (χ1v) is 13.0. The highest BCUT2D eigenvalue weighted by Crippen LogP contribution is 2.29. The third-order valence-electron chi connectivity index (χ3n) is 7.07. The zero-order valence-corrected chi connectivity index (χ0v) is 23.8. The standard InChI is InChI=1S/C29H40N2O9/c1-15-10-19-20(14-32)22(33)13-21(26(19)35)31-28(36)16(2)8-7-9-23(38-5)27(40-29(30)37)18(4)12-17(3)25(34)24(11-15)39-6/h7-9,12-13,15,17,23-25,27,32,34H,10-11,14H2,1-6H3,(H2,30,37)(H,31,36)/b9-7+,16-8-,18-12+/t15-,17+,23+,24+,25-,27+/m1/s1. The molecule has 1 heterocycles. The summed E-state index contributed by atoms with van der Waals surface area (Å²) in [6.07, 6.45) is 3.40. The van der Waals surface area contributed by atoms with Crippen molar-refractivity contribution < 1.29 is 43.6 Å². The fraction of sp³-hybridized carbons (Fsp3) is 0.517. The van der Waals surface area contributed by atoms with Gasteiger partial charge < -0.3 is 35.5 Å². The first-order chi connectivity index (χ1) is 18.8. The van der Waals surface area contributed by atoms with Crippen LogP contribution in [-0.4, -0.2) is 79.0 Å². The first-order valence-electron chi connectivity index (χ1n) is 13.0. The highest BCUT2D eigenvalue weighted by atomic mass is 16.6. The smallest absolute Gasteiger partial charge is 0.405 e. The minimum absolute atomic E-state index is 0.0246. The van der Waals surface area contributed by atoms with Crippen molar-refractivity contribution in [2.75, 3.05) is 20.8 Å². The molecule has 2 amide bonds. The van der Waals surface area contributed by atoms with Crippen LogP contribution in [0.1, 0.15) is 40.5 Å². The van der Waals surface area contributed by atoms with Crippen molar-refractivity contribution in [2.24, 2.45) is 17.6 Å². The van der Waals surface area contributed by atoms with Crippen molar-refractivity contribution in [1.29, 1.82) is 0 Å². The van der Waals surface area contributed by atoms with Crippen molar-refractivity contribution in [3.63, 3.8) is 0 Å². The van der Waals surface area contributed by atoms with Gasteiger partial charge in [0.25, 0.3) is 5.91 Å². The second kappa shape index (κ2) is 14.8. The molecule has 2 bridgehead atoms. The van der Waals surface area contributed by atoms with Gasteiger partial charge in [0.05, 0.1) is 24.5 Å². The lowest BCUT2D eigenvalue weighted by atomic mass is 9.83. The van der Waals surface area contributed by atoms with E-state index < -0.39 is 60.5 Å². The molecule has 0 aromatic carbocycles. The number of Topliss-reactive ketones (excluding diaryl/α,β-unsaturated/α-hetero) is 1. The topological polar surface area (TPSA) is 174 Å². The van der Waals surface area contributed by atoms with Crippen LogP contribution < -0.4 is 11.1 Å². The van der Waals surface area contributed by atoms with Gasteiger partial charge in [0.1, 0.15) is 6.10 Å². The van der Waals surface area contributed by atoms with Crippen molar-refractivity contribution in [3.8, 4) is 0 Å². The number of aliphatic hydroxyl groups excluding tert-OH is 2. The van der Waals surface area contributed by atoms with Crippen LogP contribution in [0.25, 0.3) is 0 Å². The lowest BCUT2D eigenvalue weighted by Crippen LogP contribution is -2.37. The third kappa shape index (κ3) is 8.31. The number of primary amides is 1. The average molecular weight is 561 g/mol. The summed E-state index contributed by atoms with van der Waals surface area (Å²) < 4.78 is 16.4. The van der Waals surface area contributed by atoms with E-state index >= 15 is 0 Å². The fourth-order valence-corrected chi connectivity index (χ4v) is 4.82. The number of rotatable bonds is 4. The first kappa shape index (κ1) is 32.8. The summed E-state index contributed by atoms with van der Waals surface area (Å²) in [5.74, 6) is -2.44. The Bertz CT molecular complexity index is 1150. The molecule has 0 saturated heterocycles. The van der Waals surface area contributed by atoms with Gasteiger partial charge in [0, 0.05) is 42.9 Å². The van der Waals surface area contributed by atoms with Gasteiger partial charge in [-0.05, 0) is 38.2 Å². The van der Waals surface area contributed by atoms with E-state index in [-0.39, 0.29) is 34.8 Å². The Morgan fingerprint density at radius 1 is 1.15 bits per heavy atom. The predicted octanol–water partition coefficient (Wildman–Crippen LogP) is 1.80. The second-order valence-corrected chi connectivity index (χ2v) is 10.2. The molecule has 11 nitrogen and oxygen atoms in total. The number of allylic oxidation sites excluding steroid dienone is 4. The molecule has 0 aromatic heterocycles. The van der Waals surface area contributed by atoms with Crippen molar-refractivity contribution in [1.82, 2.24) is 5.32 Å². The number of hydrogen-bond donors (Lipinski definition) is 4. The maximum Gasteiger partial charge on any atom is 0.405 e. The molecule has 40 heavy (non-hydrogen) atoms. The molecule has 2 aliphatic rings. The fourth-order valence-electron chi connectivity index (χ4n) is 4.82. The molecule has 0 fully saturated rings. The Morgan fingerprint density at radius 2 is 1.82 bits per heavy atom. The van der Waals surface area contributed by atoms with E-state index in [4.69, 9.17) is 19.9 Å². The summed E-state index contributed by atoms with van der Waals surface area (Å²) >= 11 is 0. The van der Waals surface area contributed by atoms with Crippen LogP contribution >= 0.6 is 0 Å². The molecule has 1 aliphatic heterocycles. The molecule has 1 aliphatic carbocycles. The summed E-state index contributed by atoms with van der Waals surface area (Å²) in [6.45, 7) is 6.23. The number of ether oxygens (including phenoxy) is 3. The second-order valence-electron chi connectivity index (χ2n) is 10.2. The number of fused-ring (bicyclic) bond motifs is 2. The van der Waals surface area contributed by atoms with E-state index in [1.165, 1.54) is 33.3 Å². The van der Waals surface area contributed by atoms with E-state index in [0.717, 1.165) is 6.08 Å². The number of aliphatic hydroxyl groups is 2. The Balaban J connectivity index is 2.60. The van der Waals surface area contributed by atoms with Gasteiger partial charge in [0.15, 0.2) is 11.9 Å². The van der Waals surface area contributed by atoms with Gasteiger partial charge in [-0.25, -0.2) is 4.79 Å².